The van der Waals surface area contributed by atoms with Crippen molar-refractivity contribution < 1.29 is 4.79 Å². The van der Waals surface area contributed by atoms with E-state index in [0.717, 1.165) is 31.5 Å². The lowest BCUT2D eigenvalue weighted by Crippen LogP contribution is -2.47. The Morgan fingerprint density at radius 2 is 2.05 bits per heavy atom. The average Bonchev–Trinajstić information content (AvgIpc) is 2.40. The molecule has 1 atom stereocenters. The fraction of sp³-hybridized carbons (Fsp3) is 0.533. The van der Waals surface area contributed by atoms with Crippen LogP contribution in [0.2, 0.25) is 5.02 Å². The quantitative estimate of drug-likeness (QED) is 0.894. The van der Waals surface area contributed by atoms with Crippen molar-refractivity contribution in [3.05, 3.63) is 34.9 Å². The summed E-state index contributed by atoms with van der Waals surface area (Å²) in [6.45, 7) is 5.83. The molecule has 0 saturated carbocycles. The maximum atomic E-state index is 12.3. The van der Waals surface area contributed by atoms with Gasteiger partial charge in [-0.05, 0) is 50.9 Å². The third-order valence-corrected chi connectivity index (χ3v) is 3.92. The van der Waals surface area contributed by atoms with Crippen molar-refractivity contribution in [1.29, 1.82) is 0 Å². The number of hydrogen-bond acceptors (Lipinski definition) is 2. The summed E-state index contributed by atoms with van der Waals surface area (Å²) in [5, 5.41) is 7.12. The molecule has 0 spiro atoms. The minimum Gasteiger partial charge on any atom is -0.347 e. The Hall–Kier alpha value is -1.06. The summed E-state index contributed by atoms with van der Waals surface area (Å²) in [7, 11) is 0. The van der Waals surface area contributed by atoms with Crippen LogP contribution in [0.25, 0.3) is 0 Å². The van der Waals surface area contributed by atoms with Gasteiger partial charge in [0.15, 0.2) is 0 Å². The molecule has 1 saturated heterocycles. The van der Waals surface area contributed by atoms with Gasteiger partial charge in [-0.15, -0.1) is 0 Å². The highest BCUT2D eigenvalue weighted by molar-refractivity contribution is 6.30. The van der Waals surface area contributed by atoms with Gasteiger partial charge in [-0.3, -0.25) is 4.79 Å². The summed E-state index contributed by atoms with van der Waals surface area (Å²) in [5.74, 6) is 0.215. The molecule has 104 valence electrons. The molecule has 0 aromatic heterocycles. The molecule has 3 nitrogen and oxygen atoms in total. The van der Waals surface area contributed by atoms with Crippen molar-refractivity contribution in [3.8, 4) is 0 Å². The van der Waals surface area contributed by atoms with Crippen LogP contribution in [-0.4, -0.2) is 19.0 Å². The van der Waals surface area contributed by atoms with E-state index in [1.807, 2.05) is 38.1 Å². The minimum absolute atomic E-state index is 0.0836. The summed E-state index contributed by atoms with van der Waals surface area (Å²) in [6.07, 6.45) is 2.04. The van der Waals surface area contributed by atoms with Crippen molar-refractivity contribution in [2.75, 3.05) is 13.1 Å². The lowest BCUT2D eigenvalue weighted by atomic mass is 9.92. The molecule has 2 N–H and O–H groups in total. The van der Waals surface area contributed by atoms with Crippen molar-refractivity contribution in [1.82, 2.24) is 10.6 Å². The number of nitrogens with one attached hydrogen (secondary N) is 2. The lowest BCUT2D eigenvalue weighted by molar-refractivity contribution is -0.127. The molecule has 1 fully saturated rings. The van der Waals surface area contributed by atoms with Gasteiger partial charge in [0.25, 0.3) is 0 Å². The number of piperidine rings is 1. The van der Waals surface area contributed by atoms with Crippen LogP contribution in [0.15, 0.2) is 24.3 Å². The predicted molar refractivity (Wildman–Crippen MR) is 78.2 cm³/mol. The van der Waals surface area contributed by atoms with Crippen molar-refractivity contribution >= 4 is 17.5 Å². The number of carbonyl (C=O) groups excluding carboxylic acids is 1. The SMILES string of the molecule is CC(C)(NC(=O)C1CCCNC1)c1ccc(Cl)cc1. The smallest absolute Gasteiger partial charge is 0.225 e. The van der Waals surface area contributed by atoms with E-state index in [0.29, 0.717) is 5.02 Å². The molecule has 1 aromatic rings. The van der Waals surface area contributed by atoms with Crippen molar-refractivity contribution in [2.24, 2.45) is 5.92 Å². The van der Waals surface area contributed by atoms with Gasteiger partial charge in [0.05, 0.1) is 11.5 Å². The normalized spacial score (nSPS) is 20.1. The zero-order valence-corrected chi connectivity index (χ0v) is 12.3. The van der Waals surface area contributed by atoms with Gasteiger partial charge in [0.2, 0.25) is 5.91 Å². The first-order valence-electron chi connectivity index (χ1n) is 6.78. The van der Waals surface area contributed by atoms with Crippen LogP contribution in [0.3, 0.4) is 0 Å². The summed E-state index contributed by atoms with van der Waals surface area (Å²) < 4.78 is 0. The molecule has 4 heteroatoms. The van der Waals surface area contributed by atoms with Gasteiger partial charge in [0.1, 0.15) is 0 Å². The van der Waals surface area contributed by atoms with Crippen LogP contribution in [0.4, 0.5) is 0 Å². The number of carbonyl (C=O) groups is 1. The fourth-order valence-electron chi connectivity index (χ4n) is 2.42. The van der Waals surface area contributed by atoms with Crippen molar-refractivity contribution in [2.45, 2.75) is 32.2 Å². The van der Waals surface area contributed by atoms with E-state index >= 15 is 0 Å². The van der Waals surface area contributed by atoms with E-state index in [9.17, 15) is 4.79 Å². The fourth-order valence-corrected chi connectivity index (χ4v) is 2.55. The third kappa shape index (κ3) is 3.71. The van der Waals surface area contributed by atoms with E-state index < -0.39 is 0 Å². The zero-order valence-electron chi connectivity index (χ0n) is 11.5. The summed E-state index contributed by atoms with van der Waals surface area (Å²) in [6, 6.07) is 7.63. The Morgan fingerprint density at radius 1 is 1.37 bits per heavy atom. The molecule has 1 aliphatic rings. The van der Waals surface area contributed by atoms with E-state index in [2.05, 4.69) is 10.6 Å². The highest BCUT2D eigenvalue weighted by atomic mass is 35.5. The standard InChI is InChI=1S/C15H21ClN2O/c1-15(2,12-5-7-13(16)8-6-12)18-14(19)11-4-3-9-17-10-11/h5-8,11,17H,3-4,9-10H2,1-2H3,(H,18,19). The summed E-state index contributed by atoms with van der Waals surface area (Å²) >= 11 is 5.89. The summed E-state index contributed by atoms with van der Waals surface area (Å²) in [5.41, 5.74) is 0.688. The monoisotopic (exact) mass is 280 g/mol. The van der Waals surface area contributed by atoms with Crippen LogP contribution in [-0.2, 0) is 10.3 Å². The topological polar surface area (TPSA) is 41.1 Å². The van der Waals surface area contributed by atoms with E-state index in [1.54, 1.807) is 0 Å². The molecule has 1 heterocycles. The predicted octanol–water partition coefficient (Wildman–Crippen LogP) is 2.69. The first-order valence-corrected chi connectivity index (χ1v) is 7.15. The molecule has 0 radical (unpaired) electrons. The molecular weight excluding hydrogens is 260 g/mol. The second kappa shape index (κ2) is 5.93. The molecule has 2 rings (SSSR count). The van der Waals surface area contributed by atoms with Gasteiger partial charge in [-0.1, -0.05) is 23.7 Å². The Kier molecular flexibility index (Phi) is 4.48. The molecular formula is C15H21ClN2O. The molecule has 1 aromatic carbocycles. The Morgan fingerprint density at radius 3 is 2.63 bits per heavy atom. The number of benzene rings is 1. The number of hydrogen-bond donors (Lipinski definition) is 2. The second-order valence-corrected chi connectivity index (χ2v) is 6.10. The Balaban J connectivity index is 2.03. The maximum absolute atomic E-state index is 12.3. The zero-order chi connectivity index (χ0) is 13.9. The number of amides is 1. The average molecular weight is 281 g/mol. The Bertz CT molecular complexity index is 436. The maximum Gasteiger partial charge on any atom is 0.225 e. The van der Waals surface area contributed by atoms with Crippen LogP contribution in [0, 0.1) is 5.92 Å². The lowest BCUT2D eigenvalue weighted by Gasteiger charge is -2.30. The molecule has 19 heavy (non-hydrogen) atoms. The van der Waals surface area contributed by atoms with Gasteiger partial charge in [0, 0.05) is 11.6 Å². The van der Waals surface area contributed by atoms with Crippen molar-refractivity contribution in [3.63, 3.8) is 0 Å². The second-order valence-electron chi connectivity index (χ2n) is 5.66. The van der Waals surface area contributed by atoms with Gasteiger partial charge < -0.3 is 10.6 Å². The van der Waals surface area contributed by atoms with Gasteiger partial charge in [-0.25, -0.2) is 0 Å². The third-order valence-electron chi connectivity index (χ3n) is 3.67. The highest BCUT2D eigenvalue weighted by Gasteiger charge is 2.28. The minimum atomic E-state index is -0.376. The molecule has 1 aliphatic heterocycles. The van der Waals surface area contributed by atoms with Crippen LogP contribution >= 0.6 is 11.6 Å². The van der Waals surface area contributed by atoms with Crippen LogP contribution in [0.5, 0.6) is 0 Å². The first-order chi connectivity index (χ1) is 8.99. The number of rotatable bonds is 3. The molecule has 0 bridgehead atoms. The Labute approximate surface area is 119 Å². The largest absolute Gasteiger partial charge is 0.347 e. The van der Waals surface area contributed by atoms with E-state index in [4.69, 9.17) is 11.6 Å². The summed E-state index contributed by atoms with van der Waals surface area (Å²) in [4.78, 5) is 12.3. The number of halogens is 1. The van der Waals surface area contributed by atoms with E-state index in [1.165, 1.54) is 0 Å². The molecule has 1 unspecified atom stereocenters. The van der Waals surface area contributed by atoms with Crippen LogP contribution < -0.4 is 10.6 Å². The highest BCUT2D eigenvalue weighted by Crippen LogP contribution is 2.23. The first kappa shape index (κ1) is 14.4. The molecule has 1 amide bonds. The van der Waals surface area contributed by atoms with Gasteiger partial charge in [-0.2, -0.15) is 0 Å². The van der Waals surface area contributed by atoms with E-state index in [-0.39, 0.29) is 17.4 Å². The van der Waals surface area contributed by atoms with Crippen LogP contribution in [0.1, 0.15) is 32.3 Å². The van der Waals surface area contributed by atoms with Gasteiger partial charge >= 0.3 is 0 Å². The molecule has 0 aliphatic carbocycles.